The Hall–Kier alpha value is -4.96. The Morgan fingerprint density at radius 3 is 1.42 bits per heavy atom. The molecular formula is C62H110Cl2MnN10O8S2. The Labute approximate surface area is 534 Å². The number of nitrogens with zero attached hydrogens (tertiary/aromatic N) is 10. The number of sulfone groups is 1. The molecule has 23 heteroatoms. The molecule has 8 rings (SSSR count). The van der Waals surface area contributed by atoms with Gasteiger partial charge in [-0.2, -0.15) is 0 Å². The maximum atomic E-state index is 12.0. The molecule has 0 saturated carbocycles. The minimum atomic E-state index is -3.47. The predicted molar refractivity (Wildman–Crippen MR) is 351 cm³/mol. The van der Waals surface area contributed by atoms with Crippen LogP contribution in [0.5, 0.6) is 0 Å². The third-order valence-electron chi connectivity index (χ3n) is 10.4. The van der Waals surface area contributed by atoms with E-state index in [1.165, 1.54) is 47.2 Å². The Kier molecular flexibility index (Phi) is 65.5. The van der Waals surface area contributed by atoms with Gasteiger partial charge in [0.2, 0.25) is 15.0 Å². The molecule has 1 N–H and O–H groups in total. The van der Waals surface area contributed by atoms with Crippen LogP contribution >= 0.6 is 35.0 Å². The molecule has 0 spiro atoms. The summed E-state index contributed by atoms with van der Waals surface area (Å²) in [6, 6.07) is 18.5. The molecule has 6 heterocycles. The van der Waals surface area contributed by atoms with Crippen LogP contribution in [0.1, 0.15) is 178 Å². The fourth-order valence-electron chi connectivity index (χ4n) is 6.47. The molecule has 1 aliphatic heterocycles. The van der Waals surface area contributed by atoms with Gasteiger partial charge in [0.1, 0.15) is 23.2 Å². The molecule has 1 unspecified atom stereocenters. The zero-order chi connectivity index (χ0) is 60.7. The van der Waals surface area contributed by atoms with Gasteiger partial charge in [0.15, 0.2) is 10.9 Å². The van der Waals surface area contributed by atoms with Crippen molar-refractivity contribution in [3.8, 4) is 0 Å². The monoisotopic (exact) mass is 1310 g/mol. The van der Waals surface area contributed by atoms with E-state index in [2.05, 4.69) is 76.2 Å². The van der Waals surface area contributed by atoms with Gasteiger partial charge in [-0.25, -0.2) is 33.3 Å². The van der Waals surface area contributed by atoms with Crippen LogP contribution in [-0.2, 0) is 96.3 Å². The van der Waals surface area contributed by atoms with Crippen LogP contribution in [-0.4, -0.2) is 98.8 Å². The Balaban J connectivity index is -0.000000165. The zero-order valence-corrected chi connectivity index (χ0v) is 53.9. The van der Waals surface area contributed by atoms with Crippen LogP contribution in [0.3, 0.4) is 0 Å². The number of ether oxygens (including phenoxy) is 2. The number of imidazole rings is 5. The molecule has 1 fully saturated rings. The number of hydrogen-bond acceptors (Lipinski definition) is 14. The molecule has 2 aromatic carbocycles. The molecule has 85 heavy (non-hydrogen) atoms. The number of aliphatic hydroxyl groups is 1. The molecule has 1 saturated heterocycles. The van der Waals surface area contributed by atoms with E-state index in [1.807, 2.05) is 98.7 Å². The zero-order valence-electron chi connectivity index (χ0n) is 49.6. The summed E-state index contributed by atoms with van der Waals surface area (Å²) in [5.41, 5.74) is 1.58. The van der Waals surface area contributed by atoms with E-state index < -0.39 is 30.8 Å². The number of alkyl halides is 2. The summed E-state index contributed by atoms with van der Waals surface area (Å²) >= 11 is 9.76. The molecule has 1 aliphatic rings. The Bertz CT molecular complexity index is 2730. The summed E-state index contributed by atoms with van der Waals surface area (Å²) in [5, 5.41) is 10.6. The van der Waals surface area contributed by atoms with Gasteiger partial charge < -0.3 is 37.4 Å². The van der Waals surface area contributed by atoms with Gasteiger partial charge in [0.05, 0.1) is 34.4 Å². The summed E-state index contributed by atoms with van der Waals surface area (Å²) < 4.78 is 60.0. The number of aliphatic hydroxyl groups excluding tert-OH is 1. The van der Waals surface area contributed by atoms with Gasteiger partial charge in [0.25, 0.3) is 0 Å². The van der Waals surface area contributed by atoms with E-state index in [0.29, 0.717) is 5.69 Å². The third-order valence-corrected chi connectivity index (χ3v) is 13.2. The number of benzene rings is 2. The molecule has 0 aliphatic carbocycles. The quantitative estimate of drug-likeness (QED) is 0.0609. The van der Waals surface area contributed by atoms with Crippen LogP contribution in [0.15, 0.2) is 130 Å². The molecule has 0 bridgehead atoms. The van der Waals surface area contributed by atoms with Crippen molar-refractivity contribution in [3.63, 3.8) is 0 Å². The van der Waals surface area contributed by atoms with Crippen molar-refractivity contribution >= 4 is 50.6 Å². The number of carbonyl (C=O) groups is 1. The molecule has 5 aromatic heterocycles. The fraction of sp³-hybridized carbons (Fsp3) is 0.548. The first-order chi connectivity index (χ1) is 38.3. The van der Waals surface area contributed by atoms with Crippen LogP contribution < -0.4 is 0 Å². The third kappa shape index (κ3) is 40.9. The minimum absolute atomic E-state index is 0. The normalized spacial score (nSPS) is 10.5. The van der Waals surface area contributed by atoms with E-state index in [9.17, 15) is 18.3 Å². The first-order valence-electron chi connectivity index (χ1n) is 26.6. The van der Waals surface area contributed by atoms with E-state index in [4.69, 9.17) is 40.3 Å². The van der Waals surface area contributed by atoms with Crippen molar-refractivity contribution in [1.29, 1.82) is 0 Å². The van der Waals surface area contributed by atoms with Crippen molar-refractivity contribution in [2.24, 2.45) is 35.2 Å². The second-order valence-corrected chi connectivity index (χ2v) is 20.9. The van der Waals surface area contributed by atoms with Crippen molar-refractivity contribution in [2.45, 2.75) is 183 Å². The van der Waals surface area contributed by atoms with Crippen LogP contribution in [0, 0.1) is 0 Å². The Morgan fingerprint density at radius 1 is 0.659 bits per heavy atom. The molecule has 0 amide bonds. The Morgan fingerprint density at radius 2 is 1.08 bits per heavy atom. The van der Waals surface area contributed by atoms with E-state index in [-0.39, 0.29) is 58.3 Å². The number of carbonyl (C=O) groups excluding carboxylic acids is 1. The van der Waals surface area contributed by atoms with Crippen molar-refractivity contribution < 1.29 is 50.3 Å². The number of rotatable bonds is 14. The van der Waals surface area contributed by atoms with Gasteiger partial charge in [-0.15, -0.1) is 23.2 Å². The van der Waals surface area contributed by atoms with Crippen LogP contribution in [0.25, 0.3) is 0 Å². The summed E-state index contributed by atoms with van der Waals surface area (Å²) in [7, 11) is 6.03. The number of halogens is 2. The first-order valence-corrected chi connectivity index (χ1v) is 31.0. The summed E-state index contributed by atoms with van der Waals surface area (Å²) in [6.07, 6.45) is 23.7. The number of aryl methyl sites for hydroxylation is 6. The predicted octanol–water partition coefficient (Wildman–Crippen LogP) is 15.8. The average molecular weight is 1310 g/mol. The van der Waals surface area contributed by atoms with Crippen LogP contribution in [0.4, 0.5) is 0 Å². The summed E-state index contributed by atoms with van der Waals surface area (Å²) in [5.74, 6) is 3.29. The summed E-state index contributed by atoms with van der Waals surface area (Å²) in [4.78, 5) is 33.1. The molecular weight excluding hydrogens is 1200 g/mol. The molecule has 489 valence electrons. The first kappa shape index (κ1) is 93.7. The second-order valence-electron chi connectivity index (χ2n) is 17.1. The molecule has 0 radical (unpaired) electrons. The number of Topliss-reactive ketones (excluding diaryl/α,β-unsaturated/α-hetero) is 1. The maximum absolute atomic E-state index is 12.0. The van der Waals surface area contributed by atoms with Gasteiger partial charge in [0, 0.05) is 130 Å². The van der Waals surface area contributed by atoms with Gasteiger partial charge >= 0.3 is 22.5 Å². The number of ketones is 1. The van der Waals surface area contributed by atoms with Crippen molar-refractivity contribution in [1.82, 2.24) is 47.8 Å². The molecule has 7 aromatic rings. The molecule has 18 nitrogen and oxygen atoms in total. The average Bonchev–Trinajstić information content (AvgIpc) is 4.48. The van der Waals surface area contributed by atoms with Gasteiger partial charge in [-0.3, -0.25) is 4.79 Å². The fourth-order valence-corrected chi connectivity index (χ4v) is 8.66. The van der Waals surface area contributed by atoms with Crippen molar-refractivity contribution in [3.05, 3.63) is 139 Å². The summed E-state index contributed by atoms with van der Waals surface area (Å²) in [6.45, 7) is 21.6. The van der Waals surface area contributed by atoms with E-state index >= 15 is 0 Å². The van der Waals surface area contributed by atoms with Gasteiger partial charge in [-0.1, -0.05) is 126 Å². The van der Waals surface area contributed by atoms with Gasteiger partial charge in [-0.05, 0) is 77.1 Å². The van der Waals surface area contributed by atoms with E-state index in [0.717, 1.165) is 81.0 Å². The standard InChI is InChI=1S/C10H10N2O2S.C10H10N2S.C9H16N2O.C9H14N2O.C7H12N2.C4H8O.C4H10O.C3H8.CH2Cl2.5CH4.Mn.2O/c1-12-8-7-11-10(12)15(13,14)9-5-3-2-4-6-9;1-12-8-7-11-10(12)13-9-5-3-2-4-6-9;2*1-4-5-9-10-6-8(7(2)12)11(9)3;1-3-4-7-8-5-6-9(7)2;1-2-4-5-3-1;1-3-5-4-2;1-3-2;2-1-3;;;;;;;;/h2-8H,1H3;2-8H,1H3;6-7,12H,4-5H2,1-3H3;6H,4-5H2,1-3H3;5-6H,3-4H2,1-2H3;1-4H2;3-4H2,1-2H3;3H2,1-2H3;1H2;5*1H4;;;. The topological polar surface area (TPSA) is 213 Å². The molecule has 1 atom stereocenters. The van der Waals surface area contributed by atoms with Crippen molar-refractivity contribution in [2.75, 3.05) is 31.8 Å². The SMILES string of the molecule is C.C.C.C.C.C1CCOC1.CCC.CCCc1ncc(C(C)=O)n1C.CCCc1ncc(C(C)O)n1C.CCCc1nccn1C.CCOCC.ClCCl.Cn1ccnc1S(=O)(=O)c1ccccc1.Cn1ccnc1Sc1ccccc1.[O]=[Mn]=[O]. The van der Waals surface area contributed by atoms with Crippen LogP contribution in [0.2, 0.25) is 0 Å². The number of aromatic nitrogens is 10. The van der Waals surface area contributed by atoms with E-state index in [1.54, 1.807) is 81.6 Å². The number of hydrogen-bond donors (Lipinski definition) is 1. The second kappa shape index (κ2) is 59.4.